The van der Waals surface area contributed by atoms with Gasteiger partial charge in [0.25, 0.3) is 0 Å². The van der Waals surface area contributed by atoms with Gasteiger partial charge in [-0.2, -0.15) is 0 Å². The van der Waals surface area contributed by atoms with E-state index in [4.69, 9.17) is 21.4 Å². The quantitative estimate of drug-likeness (QED) is 0.546. The number of benzene rings is 3. The molecule has 0 radical (unpaired) electrons. The minimum absolute atomic E-state index is 0.681. The van der Waals surface area contributed by atoms with Crippen LogP contribution in [0.3, 0.4) is 0 Å². The zero-order valence-electron chi connectivity index (χ0n) is 13.0. The van der Waals surface area contributed by atoms with Crippen molar-refractivity contribution in [2.75, 3.05) is 11.5 Å². The molecule has 0 bridgehead atoms. The molecule has 0 aliphatic carbocycles. The molecule has 0 saturated heterocycles. The minimum atomic E-state index is 0.681. The summed E-state index contributed by atoms with van der Waals surface area (Å²) in [6.07, 6.45) is 0. The Bertz CT molecular complexity index is 1010. The Morgan fingerprint density at radius 1 is 0.583 bits per heavy atom. The van der Waals surface area contributed by atoms with Crippen molar-refractivity contribution >= 4 is 22.3 Å². The van der Waals surface area contributed by atoms with Crippen molar-refractivity contribution in [1.29, 1.82) is 0 Å². The molecule has 0 unspecified atom stereocenters. The number of nitrogens with zero attached hydrogens (tertiary/aromatic N) is 2. The molecular formula is C20H16N4. The number of anilines is 2. The molecule has 0 aliphatic heterocycles. The Hall–Kier alpha value is -3.40. The van der Waals surface area contributed by atoms with Crippen LogP contribution in [0.4, 0.5) is 11.4 Å². The number of hydrogen-bond donors (Lipinski definition) is 2. The number of para-hydroxylation sites is 1. The van der Waals surface area contributed by atoms with E-state index in [-0.39, 0.29) is 0 Å². The first-order valence-corrected chi connectivity index (χ1v) is 7.69. The monoisotopic (exact) mass is 312 g/mol. The summed E-state index contributed by atoms with van der Waals surface area (Å²) >= 11 is 0. The Labute approximate surface area is 139 Å². The average molecular weight is 312 g/mol. The van der Waals surface area contributed by atoms with Crippen molar-refractivity contribution in [3.63, 3.8) is 0 Å². The van der Waals surface area contributed by atoms with Crippen LogP contribution in [0, 0.1) is 0 Å². The third-order valence-electron chi connectivity index (χ3n) is 3.96. The predicted octanol–water partition coefficient (Wildman–Crippen LogP) is 4.13. The molecule has 0 saturated carbocycles. The number of fused-ring (bicyclic) bond motifs is 1. The number of nitrogens with two attached hydrogens (primary N) is 2. The van der Waals surface area contributed by atoms with Gasteiger partial charge in [-0.1, -0.05) is 30.3 Å². The van der Waals surface area contributed by atoms with Gasteiger partial charge in [0.05, 0.1) is 11.2 Å². The summed E-state index contributed by atoms with van der Waals surface area (Å²) in [6.45, 7) is 0. The van der Waals surface area contributed by atoms with Crippen LogP contribution in [0.15, 0.2) is 72.8 Å². The van der Waals surface area contributed by atoms with E-state index in [2.05, 4.69) is 0 Å². The number of aromatic nitrogens is 2. The van der Waals surface area contributed by atoms with E-state index in [0.29, 0.717) is 5.82 Å². The van der Waals surface area contributed by atoms with Gasteiger partial charge in [0.15, 0.2) is 5.82 Å². The normalized spacial score (nSPS) is 10.8. The van der Waals surface area contributed by atoms with Crippen LogP contribution in [-0.4, -0.2) is 9.97 Å². The molecular weight excluding hydrogens is 296 g/mol. The lowest BCUT2D eigenvalue weighted by Crippen LogP contribution is -1.95. The van der Waals surface area contributed by atoms with E-state index < -0.39 is 0 Å². The summed E-state index contributed by atoms with van der Waals surface area (Å²) in [7, 11) is 0. The number of hydrogen-bond acceptors (Lipinski definition) is 4. The predicted molar refractivity (Wildman–Crippen MR) is 99.2 cm³/mol. The lowest BCUT2D eigenvalue weighted by atomic mass is 10.1. The molecule has 1 aromatic heterocycles. The van der Waals surface area contributed by atoms with E-state index in [1.807, 2.05) is 72.8 Å². The minimum Gasteiger partial charge on any atom is -0.399 e. The molecule has 0 amide bonds. The van der Waals surface area contributed by atoms with Crippen LogP contribution in [-0.2, 0) is 0 Å². The molecule has 0 fully saturated rings. The first-order valence-electron chi connectivity index (χ1n) is 7.69. The molecule has 1 heterocycles. The zero-order valence-corrected chi connectivity index (χ0v) is 13.0. The highest BCUT2D eigenvalue weighted by Gasteiger charge is 2.11. The molecule has 4 N–H and O–H groups in total. The Kier molecular flexibility index (Phi) is 3.35. The molecule has 4 rings (SSSR count). The zero-order chi connectivity index (χ0) is 16.5. The maximum atomic E-state index is 5.81. The van der Waals surface area contributed by atoms with E-state index in [1.165, 1.54) is 0 Å². The number of rotatable bonds is 2. The maximum Gasteiger partial charge on any atom is 0.160 e. The van der Waals surface area contributed by atoms with Crippen LogP contribution in [0.5, 0.6) is 0 Å². The van der Waals surface area contributed by atoms with E-state index in [1.54, 1.807) is 0 Å². The fourth-order valence-electron chi connectivity index (χ4n) is 2.70. The highest BCUT2D eigenvalue weighted by molar-refractivity contribution is 5.93. The average Bonchev–Trinajstić information content (AvgIpc) is 2.62. The third-order valence-corrected chi connectivity index (χ3v) is 3.96. The van der Waals surface area contributed by atoms with Crippen LogP contribution in [0.25, 0.3) is 33.5 Å². The van der Waals surface area contributed by atoms with Gasteiger partial charge < -0.3 is 11.5 Å². The topological polar surface area (TPSA) is 77.8 Å². The fourth-order valence-corrected chi connectivity index (χ4v) is 2.70. The summed E-state index contributed by atoms with van der Waals surface area (Å²) in [5.41, 5.74) is 16.8. The molecule has 0 spiro atoms. The molecule has 0 atom stereocenters. The van der Waals surface area contributed by atoms with Crippen molar-refractivity contribution in [1.82, 2.24) is 9.97 Å². The van der Waals surface area contributed by atoms with Gasteiger partial charge in [0.2, 0.25) is 0 Å². The van der Waals surface area contributed by atoms with Crippen molar-refractivity contribution in [2.24, 2.45) is 0 Å². The molecule has 24 heavy (non-hydrogen) atoms. The highest BCUT2D eigenvalue weighted by atomic mass is 14.9. The van der Waals surface area contributed by atoms with Gasteiger partial charge in [-0.25, -0.2) is 9.97 Å². The Morgan fingerprint density at radius 3 is 1.83 bits per heavy atom. The number of nitrogen functional groups attached to an aromatic ring is 2. The van der Waals surface area contributed by atoms with Crippen molar-refractivity contribution in [3.05, 3.63) is 72.8 Å². The van der Waals surface area contributed by atoms with Gasteiger partial charge >= 0.3 is 0 Å². The first kappa shape index (κ1) is 14.2. The Morgan fingerprint density at radius 2 is 1.17 bits per heavy atom. The van der Waals surface area contributed by atoms with Crippen LogP contribution >= 0.6 is 0 Å². The van der Waals surface area contributed by atoms with Crippen LogP contribution < -0.4 is 11.5 Å². The van der Waals surface area contributed by atoms with Gasteiger partial charge in [-0.05, 0) is 42.5 Å². The smallest absolute Gasteiger partial charge is 0.160 e. The van der Waals surface area contributed by atoms with Gasteiger partial charge in [0.1, 0.15) is 0 Å². The Balaban J connectivity index is 1.97. The summed E-state index contributed by atoms with van der Waals surface area (Å²) in [5, 5.41) is 1.02. The fraction of sp³-hybridized carbons (Fsp3) is 0. The molecule has 0 aliphatic rings. The summed E-state index contributed by atoms with van der Waals surface area (Å²) in [4.78, 5) is 9.51. The molecule has 4 aromatic rings. The molecule has 4 nitrogen and oxygen atoms in total. The second-order valence-electron chi connectivity index (χ2n) is 5.66. The van der Waals surface area contributed by atoms with Gasteiger partial charge in [-0.15, -0.1) is 0 Å². The van der Waals surface area contributed by atoms with Crippen molar-refractivity contribution < 1.29 is 0 Å². The third kappa shape index (κ3) is 2.54. The summed E-state index contributed by atoms with van der Waals surface area (Å²) < 4.78 is 0. The standard InChI is InChI=1S/C20H16N4/c21-15-9-5-13(6-10-15)19-17-3-1-2-4-18(17)23-20(24-19)14-7-11-16(22)12-8-14/h1-12H,21-22H2. The second kappa shape index (κ2) is 5.66. The van der Waals surface area contributed by atoms with Crippen LogP contribution in [0.1, 0.15) is 0 Å². The van der Waals surface area contributed by atoms with Gasteiger partial charge in [0, 0.05) is 27.9 Å². The lowest BCUT2D eigenvalue weighted by Gasteiger charge is -2.09. The van der Waals surface area contributed by atoms with Gasteiger partial charge in [-0.3, -0.25) is 0 Å². The maximum absolute atomic E-state index is 5.81. The van der Waals surface area contributed by atoms with Crippen molar-refractivity contribution in [3.8, 4) is 22.6 Å². The largest absolute Gasteiger partial charge is 0.399 e. The van der Waals surface area contributed by atoms with E-state index in [9.17, 15) is 0 Å². The van der Waals surface area contributed by atoms with Crippen LogP contribution in [0.2, 0.25) is 0 Å². The SMILES string of the molecule is Nc1ccc(-c2nc(-c3ccc(N)cc3)c3ccccc3n2)cc1. The van der Waals surface area contributed by atoms with E-state index >= 15 is 0 Å². The molecule has 116 valence electrons. The first-order chi connectivity index (χ1) is 11.7. The summed E-state index contributed by atoms with van der Waals surface area (Å²) in [6, 6.07) is 23.3. The highest BCUT2D eigenvalue weighted by Crippen LogP contribution is 2.29. The molecule has 3 aromatic carbocycles. The second-order valence-corrected chi connectivity index (χ2v) is 5.66. The van der Waals surface area contributed by atoms with Crippen molar-refractivity contribution in [2.45, 2.75) is 0 Å². The molecule has 4 heteroatoms. The van der Waals surface area contributed by atoms with E-state index in [0.717, 1.165) is 39.1 Å². The summed E-state index contributed by atoms with van der Waals surface area (Å²) in [5.74, 6) is 0.681. The lowest BCUT2D eigenvalue weighted by molar-refractivity contribution is 1.23.